The lowest BCUT2D eigenvalue weighted by molar-refractivity contribution is -0.131. The Morgan fingerprint density at radius 2 is 1.93 bits per heavy atom. The minimum atomic E-state index is -0.263. The van der Waals surface area contributed by atoms with E-state index in [4.69, 9.17) is 4.42 Å². The lowest BCUT2D eigenvalue weighted by Crippen LogP contribution is -2.32. The van der Waals surface area contributed by atoms with Crippen LogP contribution in [0.4, 0.5) is 4.39 Å². The van der Waals surface area contributed by atoms with E-state index in [0.717, 1.165) is 24.0 Å². The van der Waals surface area contributed by atoms with Gasteiger partial charge in [0, 0.05) is 12.1 Å². The number of hydrogen-bond donors (Lipinski definition) is 0. The van der Waals surface area contributed by atoms with Crippen LogP contribution in [0.25, 0.3) is 11.5 Å². The Bertz CT molecular complexity index is 935. The van der Waals surface area contributed by atoms with Gasteiger partial charge < -0.3 is 9.32 Å². The average Bonchev–Trinajstić information content (AvgIpc) is 3.31. The number of benzene rings is 2. The second kappa shape index (κ2) is 7.35. The van der Waals surface area contributed by atoms with Crippen LogP contribution in [-0.2, 0) is 11.2 Å². The van der Waals surface area contributed by atoms with Crippen molar-refractivity contribution in [3.8, 4) is 11.5 Å². The van der Waals surface area contributed by atoms with E-state index in [1.165, 1.54) is 12.1 Å². The Morgan fingerprint density at radius 3 is 2.67 bits per heavy atom. The third kappa shape index (κ3) is 3.63. The second-order valence-electron chi connectivity index (χ2n) is 6.86. The number of aryl methyl sites for hydroxylation is 1. The van der Waals surface area contributed by atoms with Crippen molar-refractivity contribution in [2.45, 2.75) is 32.2 Å². The summed E-state index contributed by atoms with van der Waals surface area (Å²) < 4.78 is 19.0. The first-order valence-electron chi connectivity index (χ1n) is 9.18. The van der Waals surface area contributed by atoms with Crippen LogP contribution in [0.3, 0.4) is 0 Å². The number of likely N-dealkylation sites (tertiary alicyclic amines) is 1. The quantitative estimate of drug-likeness (QED) is 0.674. The zero-order valence-electron chi connectivity index (χ0n) is 15.2. The molecule has 4 rings (SSSR count). The van der Waals surface area contributed by atoms with E-state index in [9.17, 15) is 9.18 Å². The van der Waals surface area contributed by atoms with Gasteiger partial charge in [-0.05, 0) is 49.6 Å². The number of oxazole rings is 1. The van der Waals surface area contributed by atoms with Crippen molar-refractivity contribution in [2.75, 3.05) is 6.54 Å². The Labute approximate surface area is 157 Å². The molecule has 0 spiro atoms. The molecule has 2 aromatic carbocycles. The summed E-state index contributed by atoms with van der Waals surface area (Å²) in [5.74, 6) is 0.964. The molecule has 2 heterocycles. The molecule has 3 aromatic rings. The maximum atomic E-state index is 13.2. The fourth-order valence-electron chi connectivity index (χ4n) is 3.64. The summed E-state index contributed by atoms with van der Waals surface area (Å²) in [6.45, 7) is 2.55. The van der Waals surface area contributed by atoms with Gasteiger partial charge in [-0.1, -0.05) is 30.3 Å². The number of amides is 1. The van der Waals surface area contributed by atoms with Gasteiger partial charge in [0.1, 0.15) is 11.6 Å². The zero-order valence-corrected chi connectivity index (χ0v) is 15.2. The minimum Gasteiger partial charge on any atom is -0.441 e. The molecule has 27 heavy (non-hydrogen) atoms. The first-order chi connectivity index (χ1) is 13.1. The Morgan fingerprint density at radius 1 is 1.19 bits per heavy atom. The third-order valence-corrected chi connectivity index (χ3v) is 5.06. The molecule has 4 nitrogen and oxygen atoms in total. The number of rotatable bonds is 4. The van der Waals surface area contributed by atoms with Gasteiger partial charge in [-0.15, -0.1) is 0 Å². The molecule has 1 amide bonds. The van der Waals surface area contributed by atoms with E-state index >= 15 is 0 Å². The molecule has 5 heteroatoms. The molecular formula is C22H21FN2O2. The number of aromatic nitrogens is 1. The topological polar surface area (TPSA) is 46.3 Å². The number of hydrogen-bond acceptors (Lipinski definition) is 3. The molecule has 1 fully saturated rings. The van der Waals surface area contributed by atoms with Crippen LogP contribution in [0, 0.1) is 12.7 Å². The number of nitrogens with zero attached hydrogens (tertiary/aromatic N) is 2. The van der Waals surface area contributed by atoms with Crippen LogP contribution < -0.4 is 0 Å². The molecule has 1 atom stereocenters. The molecule has 1 aliphatic rings. The average molecular weight is 364 g/mol. The first-order valence-corrected chi connectivity index (χ1v) is 9.18. The molecule has 0 N–H and O–H groups in total. The number of halogens is 1. The SMILES string of the molecule is Cc1oc(-c2ccccc2)nc1CC(=O)N1CCCC1c1ccc(F)cc1. The zero-order chi connectivity index (χ0) is 18.8. The summed E-state index contributed by atoms with van der Waals surface area (Å²) >= 11 is 0. The van der Waals surface area contributed by atoms with E-state index in [1.807, 2.05) is 42.2 Å². The summed E-state index contributed by atoms with van der Waals surface area (Å²) in [6, 6.07) is 16.1. The lowest BCUT2D eigenvalue weighted by atomic mass is 10.0. The largest absolute Gasteiger partial charge is 0.441 e. The molecule has 1 unspecified atom stereocenters. The fourth-order valence-corrected chi connectivity index (χ4v) is 3.64. The number of carbonyl (C=O) groups excluding carboxylic acids is 1. The van der Waals surface area contributed by atoms with Crippen molar-refractivity contribution in [3.05, 3.63) is 77.4 Å². The van der Waals surface area contributed by atoms with Crippen LogP contribution in [-0.4, -0.2) is 22.3 Å². The monoisotopic (exact) mass is 364 g/mol. The molecule has 0 saturated carbocycles. The second-order valence-corrected chi connectivity index (χ2v) is 6.86. The first kappa shape index (κ1) is 17.5. The van der Waals surface area contributed by atoms with Gasteiger partial charge in [-0.2, -0.15) is 0 Å². The Kier molecular flexibility index (Phi) is 4.75. The highest BCUT2D eigenvalue weighted by Crippen LogP contribution is 2.33. The van der Waals surface area contributed by atoms with Gasteiger partial charge in [0.2, 0.25) is 11.8 Å². The van der Waals surface area contributed by atoms with E-state index in [-0.39, 0.29) is 24.2 Å². The van der Waals surface area contributed by atoms with Crippen molar-refractivity contribution < 1.29 is 13.6 Å². The van der Waals surface area contributed by atoms with Crippen molar-refractivity contribution in [3.63, 3.8) is 0 Å². The highest BCUT2D eigenvalue weighted by atomic mass is 19.1. The normalized spacial score (nSPS) is 16.7. The summed E-state index contributed by atoms with van der Waals surface area (Å²) in [6.07, 6.45) is 2.05. The smallest absolute Gasteiger partial charge is 0.229 e. The third-order valence-electron chi connectivity index (χ3n) is 5.06. The van der Waals surface area contributed by atoms with Gasteiger partial charge in [0.25, 0.3) is 0 Å². The summed E-state index contributed by atoms with van der Waals surface area (Å²) in [5, 5.41) is 0. The van der Waals surface area contributed by atoms with Crippen molar-refractivity contribution in [1.29, 1.82) is 0 Å². The van der Waals surface area contributed by atoms with E-state index < -0.39 is 0 Å². The van der Waals surface area contributed by atoms with Gasteiger partial charge in [-0.25, -0.2) is 9.37 Å². The van der Waals surface area contributed by atoms with Gasteiger partial charge >= 0.3 is 0 Å². The maximum absolute atomic E-state index is 13.2. The molecule has 1 aliphatic heterocycles. The summed E-state index contributed by atoms with van der Waals surface area (Å²) in [7, 11) is 0. The van der Waals surface area contributed by atoms with Crippen LogP contribution in [0.2, 0.25) is 0 Å². The predicted octanol–water partition coefficient (Wildman–Crippen LogP) is 4.70. The van der Waals surface area contributed by atoms with Crippen LogP contribution in [0.5, 0.6) is 0 Å². The fraction of sp³-hybridized carbons (Fsp3) is 0.273. The van der Waals surface area contributed by atoms with Crippen molar-refractivity contribution in [1.82, 2.24) is 9.88 Å². The molecule has 138 valence electrons. The standard InChI is InChI=1S/C22H21FN2O2/c1-15-19(24-22(27-15)17-6-3-2-4-7-17)14-21(26)25-13-5-8-20(25)16-9-11-18(23)12-10-16/h2-4,6-7,9-12,20H,5,8,13-14H2,1H3. The van der Waals surface area contributed by atoms with E-state index in [0.29, 0.717) is 23.9 Å². The van der Waals surface area contributed by atoms with E-state index in [1.54, 1.807) is 12.1 Å². The van der Waals surface area contributed by atoms with Gasteiger partial charge in [-0.3, -0.25) is 4.79 Å². The van der Waals surface area contributed by atoms with Gasteiger partial charge in [0.05, 0.1) is 18.2 Å². The van der Waals surface area contributed by atoms with Gasteiger partial charge in [0.15, 0.2) is 0 Å². The molecule has 1 aromatic heterocycles. The highest BCUT2D eigenvalue weighted by molar-refractivity contribution is 5.79. The predicted molar refractivity (Wildman–Crippen MR) is 100 cm³/mol. The van der Waals surface area contributed by atoms with Crippen molar-refractivity contribution >= 4 is 5.91 Å². The van der Waals surface area contributed by atoms with Crippen LogP contribution in [0.15, 0.2) is 59.0 Å². The van der Waals surface area contributed by atoms with Crippen LogP contribution >= 0.6 is 0 Å². The van der Waals surface area contributed by atoms with E-state index in [2.05, 4.69) is 4.98 Å². The number of carbonyl (C=O) groups is 1. The highest BCUT2D eigenvalue weighted by Gasteiger charge is 2.30. The molecule has 0 radical (unpaired) electrons. The Hall–Kier alpha value is -2.95. The Balaban J connectivity index is 1.52. The minimum absolute atomic E-state index is 0.00102. The lowest BCUT2D eigenvalue weighted by Gasteiger charge is -2.25. The molecule has 1 saturated heterocycles. The summed E-state index contributed by atoms with van der Waals surface area (Å²) in [5.41, 5.74) is 2.54. The molecule has 0 aliphatic carbocycles. The van der Waals surface area contributed by atoms with Crippen LogP contribution in [0.1, 0.15) is 35.9 Å². The molecule has 0 bridgehead atoms. The van der Waals surface area contributed by atoms with Crippen molar-refractivity contribution in [2.24, 2.45) is 0 Å². The maximum Gasteiger partial charge on any atom is 0.229 e. The summed E-state index contributed by atoms with van der Waals surface area (Å²) in [4.78, 5) is 19.3. The molecular weight excluding hydrogens is 343 g/mol.